The summed E-state index contributed by atoms with van der Waals surface area (Å²) in [5.74, 6) is 2.04. The first-order valence-corrected chi connectivity index (χ1v) is 7.44. The molecule has 0 aliphatic carbocycles. The fourth-order valence-electron chi connectivity index (χ4n) is 2.80. The third-order valence-corrected chi connectivity index (χ3v) is 4.13. The first kappa shape index (κ1) is 15.8. The van der Waals surface area contributed by atoms with E-state index < -0.39 is 0 Å². The standard InChI is InChI=1S/C16H26N2O3/c1-6-12-10-18(11(2)9-17-12)13-7-14(19-3)16(21-5)15(8-13)20-4/h7-8,11-12,17H,6,9-10H2,1-5H3. The van der Waals surface area contributed by atoms with E-state index in [9.17, 15) is 0 Å². The Balaban J connectivity index is 2.38. The topological polar surface area (TPSA) is 43.0 Å². The summed E-state index contributed by atoms with van der Waals surface area (Å²) in [5.41, 5.74) is 1.11. The number of ether oxygens (including phenoxy) is 3. The Labute approximate surface area is 127 Å². The van der Waals surface area contributed by atoms with Crippen molar-refractivity contribution in [3.8, 4) is 17.2 Å². The quantitative estimate of drug-likeness (QED) is 0.902. The molecule has 0 aromatic heterocycles. The predicted octanol–water partition coefficient (Wildman–Crippen LogP) is 2.29. The van der Waals surface area contributed by atoms with Crippen molar-refractivity contribution in [3.05, 3.63) is 12.1 Å². The van der Waals surface area contributed by atoms with Crippen LogP contribution in [-0.2, 0) is 0 Å². The van der Waals surface area contributed by atoms with E-state index in [0.29, 0.717) is 29.3 Å². The lowest BCUT2D eigenvalue weighted by atomic mass is 10.1. The van der Waals surface area contributed by atoms with Gasteiger partial charge in [-0.05, 0) is 13.3 Å². The number of hydrogen-bond donors (Lipinski definition) is 1. The Bertz CT molecular complexity index is 454. The minimum Gasteiger partial charge on any atom is -0.493 e. The van der Waals surface area contributed by atoms with Crippen molar-refractivity contribution in [2.75, 3.05) is 39.3 Å². The van der Waals surface area contributed by atoms with Crippen LogP contribution in [0.1, 0.15) is 20.3 Å². The van der Waals surface area contributed by atoms with E-state index in [2.05, 4.69) is 24.1 Å². The molecule has 2 atom stereocenters. The maximum Gasteiger partial charge on any atom is 0.203 e. The number of rotatable bonds is 5. The average molecular weight is 294 g/mol. The van der Waals surface area contributed by atoms with E-state index in [1.54, 1.807) is 21.3 Å². The van der Waals surface area contributed by atoms with Gasteiger partial charge in [-0.3, -0.25) is 0 Å². The monoisotopic (exact) mass is 294 g/mol. The van der Waals surface area contributed by atoms with Gasteiger partial charge in [0.25, 0.3) is 0 Å². The van der Waals surface area contributed by atoms with Gasteiger partial charge in [-0.2, -0.15) is 0 Å². The van der Waals surface area contributed by atoms with Crippen molar-refractivity contribution >= 4 is 5.69 Å². The maximum atomic E-state index is 5.45. The smallest absolute Gasteiger partial charge is 0.203 e. The normalized spacial score (nSPS) is 22.0. The third-order valence-electron chi connectivity index (χ3n) is 4.13. The molecule has 0 spiro atoms. The Morgan fingerprint density at radius 3 is 2.24 bits per heavy atom. The van der Waals surface area contributed by atoms with Crippen LogP contribution in [0.2, 0.25) is 0 Å². The van der Waals surface area contributed by atoms with Crippen LogP contribution in [0.5, 0.6) is 17.2 Å². The van der Waals surface area contributed by atoms with Crippen molar-refractivity contribution in [1.82, 2.24) is 5.32 Å². The molecule has 2 rings (SSSR count). The molecule has 1 aromatic rings. The number of piperazine rings is 1. The van der Waals surface area contributed by atoms with E-state index in [1.165, 1.54) is 0 Å². The van der Waals surface area contributed by atoms with Crippen molar-refractivity contribution in [2.45, 2.75) is 32.4 Å². The van der Waals surface area contributed by atoms with Gasteiger partial charge in [0.2, 0.25) is 5.75 Å². The zero-order chi connectivity index (χ0) is 15.4. The summed E-state index contributed by atoms with van der Waals surface area (Å²) in [7, 11) is 4.93. The second-order valence-corrected chi connectivity index (χ2v) is 5.40. The average Bonchev–Trinajstić information content (AvgIpc) is 2.53. The molecular weight excluding hydrogens is 268 g/mol. The van der Waals surface area contributed by atoms with Gasteiger partial charge in [-0.25, -0.2) is 0 Å². The molecule has 1 saturated heterocycles. The highest BCUT2D eigenvalue weighted by molar-refractivity contribution is 5.64. The Kier molecular flexibility index (Phi) is 5.17. The summed E-state index contributed by atoms with van der Waals surface area (Å²) in [6, 6.07) is 4.99. The Hall–Kier alpha value is -1.62. The summed E-state index contributed by atoms with van der Waals surface area (Å²) in [6.45, 7) is 6.40. The second-order valence-electron chi connectivity index (χ2n) is 5.40. The molecule has 21 heavy (non-hydrogen) atoms. The largest absolute Gasteiger partial charge is 0.493 e. The van der Waals surface area contributed by atoms with Gasteiger partial charge in [0, 0.05) is 43.0 Å². The molecule has 0 bridgehead atoms. The zero-order valence-corrected chi connectivity index (χ0v) is 13.6. The van der Waals surface area contributed by atoms with Gasteiger partial charge >= 0.3 is 0 Å². The van der Waals surface area contributed by atoms with Crippen LogP contribution < -0.4 is 24.4 Å². The third kappa shape index (κ3) is 3.18. The SMILES string of the molecule is CCC1CN(c2cc(OC)c(OC)c(OC)c2)C(C)CN1. The van der Waals surface area contributed by atoms with Crippen LogP contribution in [-0.4, -0.2) is 46.5 Å². The molecule has 1 aliphatic heterocycles. The molecule has 118 valence electrons. The molecule has 5 heteroatoms. The summed E-state index contributed by atoms with van der Waals surface area (Å²) in [4.78, 5) is 2.40. The molecule has 1 fully saturated rings. The lowest BCUT2D eigenvalue weighted by molar-refractivity contribution is 0.323. The highest BCUT2D eigenvalue weighted by atomic mass is 16.5. The van der Waals surface area contributed by atoms with Gasteiger partial charge in [0.05, 0.1) is 21.3 Å². The van der Waals surface area contributed by atoms with E-state index in [4.69, 9.17) is 14.2 Å². The number of nitrogens with zero attached hydrogens (tertiary/aromatic N) is 1. The highest BCUT2D eigenvalue weighted by Crippen LogP contribution is 2.41. The van der Waals surface area contributed by atoms with E-state index in [0.717, 1.165) is 25.2 Å². The van der Waals surface area contributed by atoms with Gasteiger partial charge in [-0.15, -0.1) is 0 Å². The number of methoxy groups -OCH3 is 3. The lowest BCUT2D eigenvalue weighted by Gasteiger charge is -2.40. The van der Waals surface area contributed by atoms with Crippen LogP contribution in [0.15, 0.2) is 12.1 Å². The van der Waals surface area contributed by atoms with Crippen molar-refractivity contribution in [1.29, 1.82) is 0 Å². The van der Waals surface area contributed by atoms with Crippen LogP contribution in [0.25, 0.3) is 0 Å². The number of benzene rings is 1. The van der Waals surface area contributed by atoms with E-state index in [-0.39, 0.29) is 0 Å². The Morgan fingerprint density at radius 1 is 1.14 bits per heavy atom. The molecule has 0 amide bonds. The number of anilines is 1. The number of hydrogen-bond acceptors (Lipinski definition) is 5. The molecule has 1 N–H and O–H groups in total. The van der Waals surface area contributed by atoms with Crippen LogP contribution >= 0.6 is 0 Å². The fraction of sp³-hybridized carbons (Fsp3) is 0.625. The summed E-state index contributed by atoms with van der Waals surface area (Å²) in [5, 5.41) is 3.57. The molecule has 0 saturated carbocycles. The molecule has 0 radical (unpaired) electrons. The van der Waals surface area contributed by atoms with Gasteiger partial charge < -0.3 is 24.4 Å². The fourth-order valence-corrected chi connectivity index (χ4v) is 2.80. The van der Waals surface area contributed by atoms with Crippen LogP contribution in [0, 0.1) is 0 Å². The molecule has 1 aliphatic rings. The number of nitrogens with one attached hydrogen (secondary N) is 1. The molecule has 2 unspecified atom stereocenters. The summed E-state index contributed by atoms with van der Waals surface area (Å²) < 4.78 is 16.3. The lowest BCUT2D eigenvalue weighted by Crippen LogP contribution is -2.55. The van der Waals surface area contributed by atoms with E-state index in [1.807, 2.05) is 12.1 Å². The second kappa shape index (κ2) is 6.89. The maximum absolute atomic E-state index is 5.45. The van der Waals surface area contributed by atoms with Gasteiger partial charge in [0.1, 0.15) is 0 Å². The van der Waals surface area contributed by atoms with Gasteiger partial charge in [-0.1, -0.05) is 6.92 Å². The summed E-state index contributed by atoms with van der Waals surface area (Å²) >= 11 is 0. The molecule has 1 heterocycles. The first-order chi connectivity index (χ1) is 10.1. The zero-order valence-electron chi connectivity index (χ0n) is 13.6. The van der Waals surface area contributed by atoms with Crippen LogP contribution in [0.4, 0.5) is 5.69 Å². The van der Waals surface area contributed by atoms with Crippen molar-refractivity contribution < 1.29 is 14.2 Å². The van der Waals surface area contributed by atoms with Crippen molar-refractivity contribution in [3.63, 3.8) is 0 Å². The molecule has 5 nitrogen and oxygen atoms in total. The van der Waals surface area contributed by atoms with Gasteiger partial charge in [0.15, 0.2) is 11.5 Å². The minimum absolute atomic E-state index is 0.426. The van der Waals surface area contributed by atoms with Crippen molar-refractivity contribution in [2.24, 2.45) is 0 Å². The predicted molar refractivity (Wildman–Crippen MR) is 85.0 cm³/mol. The molecule has 1 aromatic carbocycles. The van der Waals surface area contributed by atoms with Crippen LogP contribution in [0.3, 0.4) is 0 Å². The molecular formula is C16H26N2O3. The van der Waals surface area contributed by atoms with E-state index >= 15 is 0 Å². The minimum atomic E-state index is 0.426. The Morgan fingerprint density at radius 2 is 1.76 bits per heavy atom. The first-order valence-electron chi connectivity index (χ1n) is 7.44. The highest BCUT2D eigenvalue weighted by Gasteiger charge is 2.26. The summed E-state index contributed by atoms with van der Waals surface area (Å²) in [6.07, 6.45) is 1.12.